The molecular weight excluding hydrogens is 316 g/mol. The molecule has 1 aromatic heterocycles. The van der Waals surface area contributed by atoms with Gasteiger partial charge in [-0.15, -0.1) is 0 Å². The fraction of sp³-hybridized carbons (Fsp3) is 0.600. The number of pyridine rings is 1. The first-order valence-corrected chi connectivity index (χ1v) is 8.77. The van der Waals surface area contributed by atoms with Crippen LogP contribution in [0.4, 0.5) is 0 Å². The summed E-state index contributed by atoms with van der Waals surface area (Å²) >= 11 is 1.70. The molecule has 1 aromatic rings. The SMILES string of the molecule is CCCCN=C(C[N+](=O)[O-])NCCSCc1ncccc1OC. The van der Waals surface area contributed by atoms with E-state index in [0.717, 1.165) is 35.8 Å². The standard InChI is InChI=1S/C15H24N4O3S/c1-3-4-7-17-15(11-19(20)21)18-9-10-23-12-13-14(22-2)6-5-8-16-13/h5-6,8H,3-4,7,9-12H2,1-2H3,(H,17,18). The molecule has 0 aromatic carbocycles. The van der Waals surface area contributed by atoms with Gasteiger partial charge in [-0.2, -0.15) is 11.8 Å². The Hall–Kier alpha value is -1.83. The highest BCUT2D eigenvalue weighted by Crippen LogP contribution is 2.19. The molecule has 0 atom stereocenters. The number of aromatic nitrogens is 1. The number of aliphatic imine (C=N–C) groups is 1. The van der Waals surface area contributed by atoms with Gasteiger partial charge in [0.2, 0.25) is 0 Å². The number of hydrogen-bond acceptors (Lipinski definition) is 6. The molecule has 0 saturated carbocycles. The smallest absolute Gasteiger partial charge is 0.259 e. The Morgan fingerprint density at radius 3 is 3.09 bits per heavy atom. The number of hydrogen-bond donors (Lipinski definition) is 1. The summed E-state index contributed by atoms with van der Waals surface area (Å²) in [6.07, 6.45) is 3.71. The lowest BCUT2D eigenvalue weighted by Crippen LogP contribution is -2.32. The zero-order valence-corrected chi connectivity index (χ0v) is 14.5. The molecule has 1 N–H and O–H groups in total. The maximum Gasteiger partial charge on any atom is 0.259 e. The highest BCUT2D eigenvalue weighted by atomic mass is 32.2. The van der Waals surface area contributed by atoms with Gasteiger partial charge in [-0.1, -0.05) is 13.3 Å². The molecule has 7 nitrogen and oxygen atoms in total. The molecule has 128 valence electrons. The fourth-order valence-corrected chi connectivity index (χ4v) is 2.61. The van der Waals surface area contributed by atoms with Crippen molar-refractivity contribution >= 4 is 17.6 Å². The van der Waals surface area contributed by atoms with E-state index in [1.54, 1.807) is 25.1 Å². The van der Waals surface area contributed by atoms with Gasteiger partial charge in [0.05, 0.1) is 12.8 Å². The van der Waals surface area contributed by atoms with Crippen LogP contribution in [0.25, 0.3) is 0 Å². The summed E-state index contributed by atoms with van der Waals surface area (Å²) in [5, 5.41) is 13.7. The van der Waals surface area contributed by atoms with E-state index in [4.69, 9.17) is 4.74 Å². The highest BCUT2D eigenvalue weighted by Gasteiger charge is 2.07. The van der Waals surface area contributed by atoms with Crippen molar-refractivity contribution in [2.75, 3.05) is 32.5 Å². The van der Waals surface area contributed by atoms with E-state index in [1.165, 1.54) is 0 Å². The Morgan fingerprint density at radius 1 is 1.57 bits per heavy atom. The van der Waals surface area contributed by atoms with E-state index in [2.05, 4.69) is 22.2 Å². The molecule has 0 radical (unpaired) electrons. The monoisotopic (exact) mass is 340 g/mol. The second-order valence-electron chi connectivity index (χ2n) is 4.80. The summed E-state index contributed by atoms with van der Waals surface area (Å²) in [7, 11) is 1.63. The number of methoxy groups -OCH3 is 1. The number of ether oxygens (including phenoxy) is 1. The van der Waals surface area contributed by atoms with E-state index in [9.17, 15) is 10.1 Å². The molecule has 0 aliphatic carbocycles. The maximum absolute atomic E-state index is 10.6. The third-order valence-electron chi connectivity index (χ3n) is 2.98. The van der Waals surface area contributed by atoms with Crippen molar-refractivity contribution in [1.82, 2.24) is 10.3 Å². The van der Waals surface area contributed by atoms with Crippen LogP contribution in [-0.2, 0) is 5.75 Å². The Labute approximate surface area is 141 Å². The van der Waals surface area contributed by atoms with Gasteiger partial charge in [0, 0.05) is 35.7 Å². The molecule has 0 bridgehead atoms. The lowest BCUT2D eigenvalue weighted by atomic mass is 10.3. The summed E-state index contributed by atoms with van der Waals surface area (Å²) in [4.78, 5) is 18.8. The molecule has 23 heavy (non-hydrogen) atoms. The number of thioether (sulfide) groups is 1. The third kappa shape index (κ3) is 8.39. The van der Waals surface area contributed by atoms with E-state index in [-0.39, 0.29) is 11.5 Å². The van der Waals surface area contributed by atoms with Gasteiger partial charge in [0.15, 0.2) is 5.84 Å². The van der Waals surface area contributed by atoms with Gasteiger partial charge in [0.25, 0.3) is 6.54 Å². The third-order valence-corrected chi connectivity index (χ3v) is 3.95. The lowest BCUT2D eigenvalue weighted by Gasteiger charge is -2.08. The van der Waals surface area contributed by atoms with Crippen LogP contribution in [0.1, 0.15) is 25.5 Å². The minimum Gasteiger partial charge on any atom is -0.495 e. The number of unbranched alkanes of at least 4 members (excludes halogenated alkanes) is 1. The second-order valence-corrected chi connectivity index (χ2v) is 5.91. The van der Waals surface area contributed by atoms with Crippen LogP contribution < -0.4 is 10.1 Å². The molecule has 0 aliphatic heterocycles. The second kappa shape index (κ2) is 11.7. The molecule has 0 amide bonds. The van der Waals surface area contributed by atoms with Gasteiger partial charge in [-0.25, -0.2) is 0 Å². The molecule has 0 aliphatic rings. The van der Waals surface area contributed by atoms with E-state index in [1.807, 2.05) is 12.1 Å². The molecule has 1 heterocycles. The molecule has 0 unspecified atom stereocenters. The van der Waals surface area contributed by atoms with E-state index < -0.39 is 0 Å². The number of rotatable bonds is 11. The summed E-state index contributed by atoms with van der Waals surface area (Å²) in [5.74, 6) is 2.79. The van der Waals surface area contributed by atoms with Crippen molar-refractivity contribution in [2.24, 2.45) is 4.99 Å². The first-order chi connectivity index (χ1) is 11.2. The quantitative estimate of drug-likeness (QED) is 0.219. The molecular formula is C15H24N4O3S. The first-order valence-electron chi connectivity index (χ1n) is 7.62. The van der Waals surface area contributed by atoms with Gasteiger partial charge in [-0.05, 0) is 18.6 Å². The van der Waals surface area contributed by atoms with Gasteiger partial charge < -0.3 is 10.1 Å². The number of nitrogens with zero attached hydrogens (tertiary/aromatic N) is 3. The molecule has 8 heteroatoms. The van der Waals surface area contributed by atoms with Crippen LogP contribution in [0, 0.1) is 10.1 Å². The van der Waals surface area contributed by atoms with Crippen LogP contribution in [0.15, 0.2) is 23.3 Å². The molecule has 1 rings (SSSR count). The van der Waals surface area contributed by atoms with Crippen molar-refractivity contribution in [2.45, 2.75) is 25.5 Å². The van der Waals surface area contributed by atoms with Crippen LogP contribution in [-0.4, -0.2) is 48.2 Å². The summed E-state index contributed by atoms with van der Waals surface area (Å²) < 4.78 is 5.25. The summed E-state index contributed by atoms with van der Waals surface area (Å²) in [6, 6.07) is 3.72. The topological polar surface area (TPSA) is 89.7 Å². The van der Waals surface area contributed by atoms with Crippen molar-refractivity contribution in [1.29, 1.82) is 0 Å². The predicted octanol–water partition coefficient (Wildman–Crippen LogP) is 2.39. The highest BCUT2D eigenvalue weighted by molar-refractivity contribution is 7.98. The van der Waals surface area contributed by atoms with Crippen molar-refractivity contribution in [3.05, 3.63) is 34.1 Å². The van der Waals surface area contributed by atoms with E-state index in [0.29, 0.717) is 18.9 Å². The maximum atomic E-state index is 10.6. The minimum atomic E-state index is -0.357. The Balaban J connectivity index is 2.33. The number of nitrogens with one attached hydrogen (secondary N) is 1. The van der Waals surface area contributed by atoms with E-state index >= 15 is 0 Å². The minimum absolute atomic E-state index is 0.248. The molecule has 0 saturated heterocycles. The van der Waals surface area contributed by atoms with Crippen LogP contribution >= 0.6 is 11.8 Å². The normalized spacial score (nSPS) is 11.3. The first kappa shape index (κ1) is 19.2. The molecule has 0 spiro atoms. The lowest BCUT2D eigenvalue weighted by molar-refractivity contribution is -0.463. The Bertz CT molecular complexity index is 511. The summed E-state index contributed by atoms with van der Waals surface area (Å²) in [5.41, 5.74) is 0.905. The Morgan fingerprint density at radius 2 is 2.39 bits per heavy atom. The molecule has 0 fully saturated rings. The number of nitro groups is 1. The van der Waals surface area contributed by atoms with Crippen LogP contribution in [0.5, 0.6) is 5.75 Å². The fourth-order valence-electron chi connectivity index (χ4n) is 1.81. The van der Waals surface area contributed by atoms with Gasteiger partial charge in [-0.3, -0.25) is 20.1 Å². The largest absolute Gasteiger partial charge is 0.495 e. The number of amidine groups is 1. The average Bonchev–Trinajstić information content (AvgIpc) is 2.54. The van der Waals surface area contributed by atoms with Crippen LogP contribution in [0.3, 0.4) is 0 Å². The van der Waals surface area contributed by atoms with Crippen molar-refractivity contribution in [3.8, 4) is 5.75 Å². The van der Waals surface area contributed by atoms with Gasteiger partial charge >= 0.3 is 0 Å². The van der Waals surface area contributed by atoms with Crippen molar-refractivity contribution in [3.63, 3.8) is 0 Å². The Kier molecular flexibility index (Phi) is 9.78. The van der Waals surface area contributed by atoms with Crippen molar-refractivity contribution < 1.29 is 9.66 Å². The predicted molar refractivity (Wildman–Crippen MR) is 94.0 cm³/mol. The summed E-state index contributed by atoms with van der Waals surface area (Å²) in [6.45, 7) is 3.09. The average molecular weight is 340 g/mol. The zero-order valence-electron chi connectivity index (χ0n) is 13.7. The zero-order chi connectivity index (χ0) is 16.9. The van der Waals surface area contributed by atoms with Crippen LogP contribution in [0.2, 0.25) is 0 Å². The van der Waals surface area contributed by atoms with Gasteiger partial charge in [0.1, 0.15) is 5.75 Å².